The van der Waals surface area contributed by atoms with Gasteiger partial charge < -0.3 is 15.3 Å². The second kappa shape index (κ2) is 5.65. The number of nitrogens with one attached hydrogen (secondary N) is 1. The number of nitrogens with zero attached hydrogens (tertiary/aromatic N) is 1. The molecule has 1 atom stereocenters. The van der Waals surface area contributed by atoms with Gasteiger partial charge in [-0.25, -0.2) is 0 Å². The number of aliphatic hydroxyl groups is 1. The summed E-state index contributed by atoms with van der Waals surface area (Å²) in [5, 5.41) is 11.6. The zero-order valence-electron chi connectivity index (χ0n) is 7.09. The van der Waals surface area contributed by atoms with Crippen molar-refractivity contribution >= 4 is 0 Å². The van der Waals surface area contributed by atoms with Gasteiger partial charge in [-0.3, -0.25) is 0 Å². The molecule has 1 rings (SSSR count). The SMILES string of the molecule is CN1CCC(O)C1.CNC. The third-order valence-electron chi connectivity index (χ3n) is 1.37. The number of hydrogen-bond donors (Lipinski definition) is 2. The third-order valence-corrected chi connectivity index (χ3v) is 1.37. The fourth-order valence-corrected chi connectivity index (χ4v) is 0.912. The van der Waals surface area contributed by atoms with Crippen molar-refractivity contribution in [2.45, 2.75) is 12.5 Å². The predicted octanol–water partition coefficient (Wildman–Crippen LogP) is -0.482. The van der Waals surface area contributed by atoms with Gasteiger partial charge in [0, 0.05) is 13.1 Å². The van der Waals surface area contributed by atoms with Crippen LogP contribution in [0.1, 0.15) is 6.42 Å². The molecule has 1 fully saturated rings. The summed E-state index contributed by atoms with van der Waals surface area (Å²) in [5.74, 6) is 0. The molecule has 0 spiro atoms. The first kappa shape index (κ1) is 9.88. The highest BCUT2D eigenvalue weighted by molar-refractivity contribution is 4.70. The lowest BCUT2D eigenvalue weighted by Gasteiger charge is -2.02. The van der Waals surface area contributed by atoms with Gasteiger partial charge in [0.2, 0.25) is 0 Å². The molecule has 1 saturated heterocycles. The highest BCUT2D eigenvalue weighted by atomic mass is 16.3. The first-order valence-corrected chi connectivity index (χ1v) is 3.65. The van der Waals surface area contributed by atoms with Crippen molar-refractivity contribution < 1.29 is 5.11 Å². The molecule has 2 N–H and O–H groups in total. The van der Waals surface area contributed by atoms with E-state index in [-0.39, 0.29) is 6.10 Å². The average molecular weight is 146 g/mol. The highest BCUT2D eigenvalue weighted by Crippen LogP contribution is 2.03. The Balaban J connectivity index is 0.000000236. The van der Waals surface area contributed by atoms with E-state index in [9.17, 15) is 0 Å². The Kier molecular flexibility index (Phi) is 5.58. The number of likely N-dealkylation sites (N-methyl/N-ethyl adjacent to an activating group) is 1. The van der Waals surface area contributed by atoms with Gasteiger partial charge in [0.15, 0.2) is 0 Å². The van der Waals surface area contributed by atoms with Gasteiger partial charge >= 0.3 is 0 Å². The van der Waals surface area contributed by atoms with E-state index in [2.05, 4.69) is 10.2 Å². The van der Waals surface area contributed by atoms with Gasteiger partial charge in [0.1, 0.15) is 0 Å². The molecule has 0 aromatic heterocycles. The van der Waals surface area contributed by atoms with Crippen LogP contribution in [0.25, 0.3) is 0 Å². The molecule has 3 nitrogen and oxygen atoms in total. The van der Waals surface area contributed by atoms with Crippen LogP contribution in [0, 0.1) is 0 Å². The fraction of sp³-hybridized carbons (Fsp3) is 1.00. The van der Waals surface area contributed by atoms with Crippen molar-refractivity contribution in [1.82, 2.24) is 10.2 Å². The minimum atomic E-state index is -0.0509. The molecule has 1 heterocycles. The summed E-state index contributed by atoms with van der Waals surface area (Å²) >= 11 is 0. The molecule has 0 aromatic rings. The van der Waals surface area contributed by atoms with E-state index in [1.54, 1.807) is 0 Å². The van der Waals surface area contributed by atoms with Crippen LogP contribution in [0.15, 0.2) is 0 Å². The summed E-state index contributed by atoms with van der Waals surface area (Å²) in [4.78, 5) is 2.13. The van der Waals surface area contributed by atoms with Crippen molar-refractivity contribution in [3.8, 4) is 0 Å². The largest absolute Gasteiger partial charge is 0.392 e. The molecule has 0 saturated carbocycles. The average Bonchev–Trinajstić information content (AvgIpc) is 2.17. The van der Waals surface area contributed by atoms with E-state index in [0.29, 0.717) is 0 Å². The van der Waals surface area contributed by atoms with Gasteiger partial charge in [-0.2, -0.15) is 0 Å². The number of likely N-dealkylation sites (tertiary alicyclic amines) is 1. The molecule has 10 heavy (non-hydrogen) atoms. The molecule has 1 unspecified atom stereocenters. The van der Waals surface area contributed by atoms with Crippen molar-refractivity contribution in [2.75, 3.05) is 34.2 Å². The third kappa shape index (κ3) is 4.73. The Morgan fingerprint density at radius 2 is 2.00 bits per heavy atom. The number of hydrogen-bond acceptors (Lipinski definition) is 3. The van der Waals surface area contributed by atoms with Gasteiger partial charge in [-0.15, -0.1) is 0 Å². The molecular weight excluding hydrogens is 128 g/mol. The molecule has 0 bridgehead atoms. The first-order valence-electron chi connectivity index (χ1n) is 3.65. The van der Waals surface area contributed by atoms with E-state index >= 15 is 0 Å². The molecule has 0 amide bonds. The maximum Gasteiger partial charge on any atom is 0.0679 e. The lowest BCUT2D eigenvalue weighted by molar-refractivity contribution is 0.183. The first-order chi connectivity index (χ1) is 4.70. The number of aliphatic hydroxyl groups excluding tert-OH is 1. The molecule has 1 aliphatic rings. The fourth-order valence-electron chi connectivity index (χ4n) is 0.912. The topological polar surface area (TPSA) is 35.5 Å². The molecular formula is C7H18N2O. The van der Waals surface area contributed by atoms with E-state index in [4.69, 9.17) is 5.11 Å². The Labute approximate surface area is 63.0 Å². The zero-order chi connectivity index (χ0) is 7.98. The normalized spacial score (nSPS) is 25.8. The van der Waals surface area contributed by atoms with Gasteiger partial charge in [0.25, 0.3) is 0 Å². The second-order valence-corrected chi connectivity index (χ2v) is 2.70. The Morgan fingerprint density at radius 1 is 1.50 bits per heavy atom. The highest BCUT2D eigenvalue weighted by Gasteiger charge is 2.14. The molecule has 1 aliphatic heterocycles. The van der Waals surface area contributed by atoms with Crippen LogP contribution in [-0.2, 0) is 0 Å². The minimum Gasteiger partial charge on any atom is -0.392 e. The Morgan fingerprint density at radius 3 is 2.10 bits per heavy atom. The van der Waals surface area contributed by atoms with Crippen LogP contribution in [0.4, 0.5) is 0 Å². The summed E-state index contributed by atoms with van der Waals surface area (Å²) in [6.07, 6.45) is 0.904. The monoisotopic (exact) mass is 146 g/mol. The van der Waals surface area contributed by atoms with E-state index in [0.717, 1.165) is 19.5 Å². The summed E-state index contributed by atoms with van der Waals surface area (Å²) < 4.78 is 0. The van der Waals surface area contributed by atoms with Crippen LogP contribution < -0.4 is 5.32 Å². The van der Waals surface area contributed by atoms with Crippen molar-refractivity contribution in [1.29, 1.82) is 0 Å². The summed E-state index contributed by atoms with van der Waals surface area (Å²) in [5.41, 5.74) is 0. The van der Waals surface area contributed by atoms with E-state index < -0.39 is 0 Å². The van der Waals surface area contributed by atoms with Crippen LogP contribution in [0.3, 0.4) is 0 Å². The van der Waals surface area contributed by atoms with Crippen LogP contribution in [0.5, 0.6) is 0 Å². The molecule has 0 aliphatic carbocycles. The van der Waals surface area contributed by atoms with Crippen molar-refractivity contribution in [3.05, 3.63) is 0 Å². The Hall–Kier alpha value is -0.120. The smallest absolute Gasteiger partial charge is 0.0679 e. The molecule has 62 valence electrons. The zero-order valence-corrected chi connectivity index (χ0v) is 7.09. The summed E-state index contributed by atoms with van der Waals surface area (Å²) in [6.45, 7) is 1.92. The molecule has 0 aromatic carbocycles. The summed E-state index contributed by atoms with van der Waals surface area (Å²) in [6, 6.07) is 0. The van der Waals surface area contributed by atoms with Crippen molar-refractivity contribution in [2.24, 2.45) is 0 Å². The maximum absolute atomic E-state index is 8.86. The van der Waals surface area contributed by atoms with Gasteiger partial charge in [0.05, 0.1) is 6.10 Å². The quantitative estimate of drug-likeness (QED) is 0.484. The number of rotatable bonds is 0. The predicted molar refractivity (Wildman–Crippen MR) is 43.1 cm³/mol. The lowest BCUT2D eigenvalue weighted by Crippen LogP contribution is -2.15. The standard InChI is InChI=1S/C5H11NO.C2H7N/c1-6-3-2-5(7)4-6;1-3-2/h5,7H,2-4H2,1H3;3H,1-2H3. The Bertz CT molecular complexity index is 70.0. The molecule has 0 radical (unpaired) electrons. The van der Waals surface area contributed by atoms with Gasteiger partial charge in [-0.1, -0.05) is 0 Å². The van der Waals surface area contributed by atoms with Crippen LogP contribution >= 0.6 is 0 Å². The van der Waals surface area contributed by atoms with Crippen molar-refractivity contribution in [3.63, 3.8) is 0 Å². The maximum atomic E-state index is 8.86. The van der Waals surface area contributed by atoms with Gasteiger partial charge in [-0.05, 0) is 27.6 Å². The molecule has 3 heteroatoms. The lowest BCUT2D eigenvalue weighted by atomic mass is 10.3. The van der Waals surface area contributed by atoms with E-state index in [1.165, 1.54) is 0 Å². The minimum absolute atomic E-state index is 0.0509. The van der Waals surface area contributed by atoms with Crippen LogP contribution in [-0.4, -0.2) is 50.3 Å². The van der Waals surface area contributed by atoms with Crippen LogP contribution in [0.2, 0.25) is 0 Å². The van der Waals surface area contributed by atoms with E-state index in [1.807, 2.05) is 21.1 Å². The number of β-amino-alcohol motifs (C(OH)–C–C–N with tert-alkyl or cyclic N) is 1. The summed E-state index contributed by atoms with van der Waals surface area (Å²) in [7, 11) is 5.77. The second-order valence-electron chi connectivity index (χ2n) is 2.70.